The maximum absolute atomic E-state index is 11.0. The Morgan fingerprint density at radius 2 is 2.07 bits per heavy atom. The van der Waals surface area contributed by atoms with E-state index in [9.17, 15) is 5.11 Å². The van der Waals surface area contributed by atoms with Crippen LogP contribution in [0.3, 0.4) is 0 Å². The third-order valence-electron chi connectivity index (χ3n) is 5.59. The normalized spacial score (nSPS) is 18.8. The molecule has 3 heterocycles. The molecule has 0 saturated carbocycles. The van der Waals surface area contributed by atoms with Gasteiger partial charge in [-0.1, -0.05) is 31.3 Å². The van der Waals surface area contributed by atoms with E-state index in [2.05, 4.69) is 28.0 Å². The Morgan fingerprint density at radius 3 is 2.72 bits per heavy atom. The largest absolute Gasteiger partial charge is 0.493 e. The molecule has 1 fully saturated rings. The third-order valence-corrected chi connectivity index (χ3v) is 6.66. The summed E-state index contributed by atoms with van der Waals surface area (Å²) >= 11 is 1.51. The van der Waals surface area contributed by atoms with E-state index in [4.69, 9.17) is 9.47 Å². The monoisotopic (exact) mass is 416 g/mol. The van der Waals surface area contributed by atoms with Crippen LogP contribution in [0.5, 0.6) is 17.4 Å². The number of aromatic hydroxyl groups is 1. The number of hydrogen-bond donors (Lipinski definition) is 1. The van der Waals surface area contributed by atoms with Crippen molar-refractivity contribution in [1.29, 1.82) is 0 Å². The van der Waals surface area contributed by atoms with E-state index in [-0.39, 0.29) is 11.9 Å². The Balaban J connectivity index is 1.83. The quantitative estimate of drug-likeness (QED) is 0.657. The molecule has 156 valence electrons. The molecule has 1 N–H and O–H groups in total. The van der Waals surface area contributed by atoms with E-state index >= 15 is 0 Å². The molecule has 1 aliphatic heterocycles. The summed E-state index contributed by atoms with van der Waals surface area (Å²) in [5.74, 6) is 2.92. The number of rotatable bonds is 6. The van der Waals surface area contributed by atoms with Crippen molar-refractivity contribution in [3.8, 4) is 17.4 Å². The molecule has 1 aliphatic rings. The first-order valence-corrected chi connectivity index (χ1v) is 10.9. The Kier molecular flexibility index (Phi) is 5.65. The standard InChI is InChI=1S/C21H28N4O3S/c1-5-17-22-21-25(23-17)20(26)19(29-21)18(24-10-6-7-13(2)12-24)14-8-9-15(27-3)16(11-14)28-4/h8-9,11,13,18,26H,5-7,10,12H2,1-4H3. The van der Waals surface area contributed by atoms with Crippen molar-refractivity contribution in [3.63, 3.8) is 0 Å². The van der Waals surface area contributed by atoms with E-state index in [0.717, 1.165) is 47.2 Å². The van der Waals surface area contributed by atoms with Crippen LogP contribution in [-0.2, 0) is 6.42 Å². The number of ether oxygens (including phenoxy) is 2. The molecule has 0 amide bonds. The number of thiazole rings is 1. The molecule has 8 heteroatoms. The van der Waals surface area contributed by atoms with Crippen molar-refractivity contribution in [1.82, 2.24) is 19.5 Å². The number of piperidine rings is 1. The molecule has 2 unspecified atom stereocenters. The van der Waals surface area contributed by atoms with Gasteiger partial charge >= 0.3 is 0 Å². The summed E-state index contributed by atoms with van der Waals surface area (Å²) in [6.07, 6.45) is 3.12. The van der Waals surface area contributed by atoms with Gasteiger partial charge in [-0.3, -0.25) is 4.90 Å². The van der Waals surface area contributed by atoms with Gasteiger partial charge in [0, 0.05) is 13.0 Å². The summed E-state index contributed by atoms with van der Waals surface area (Å²) < 4.78 is 12.5. The fourth-order valence-corrected chi connectivity index (χ4v) is 5.27. The van der Waals surface area contributed by atoms with Gasteiger partial charge in [-0.25, -0.2) is 4.98 Å². The van der Waals surface area contributed by atoms with Crippen LogP contribution in [0.15, 0.2) is 18.2 Å². The van der Waals surface area contributed by atoms with Gasteiger partial charge in [0.25, 0.3) is 0 Å². The minimum Gasteiger partial charge on any atom is -0.493 e. The highest BCUT2D eigenvalue weighted by atomic mass is 32.1. The van der Waals surface area contributed by atoms with Gasteiger partial charge in [-0.05, 0) is 43.0 Å². The first kappa shape index (κ1) is 20.0. The van der Waals surface area contributed by atoms with E-state index in [1.54, 1.807) is 18.7 Å². The summed E-state index contributed by atoms with van der Waals surface area (Å²) in [6.45, 7) is 6.26. The van der Waals surface area contributed by atoms with Gasteiger partial charge in [-0.15, -0.1) is 5.10 Å². The van der Waals surface area contributed by atoms with E-state index in [1.807, 2.05) is 19.1 Å². The number of aromatic nitrogens is 3. The van der Waals surface area contributed by atoms with Crippen molar-refractivity contribution in [2.45, 2.75) is 39.2 Å². The highest BCUT2D eigenvalue weighted by Crippen LogP contribution is 2.43. The molecule has 29 heavy (non-hydrogen) atoms. The number of nitrogens with zero attached hydrogens (tertiary/aromatic N) is 4. The number of aryl methyl sites for hydroxylation is 1. The number of hydrogen-bond acceptors (Lipinski definition) is 7. The molecule has 7 nitrogen and oxygen atoms in total. The van der Waals surface area contributed by atoms with Gasteiger partial charge in [-0.2, -0.15) is 4.52 Å². The average Bonchev–Trinajstić information content (AvgIpc) is 3.27. The van der Waals surface area contributed by atoms with Gasteiger partial charge < -0.3 is 14.6 Å². The Labute approximate surface area is 174 Å². The van der Waals surface area contributed by atoms with Crippen LogP contribution in [0.25, 0.3) is 4.96 Å². The molecule has 2 atom stereocenters. The molecular weight excluding hydrogens is 388 g/mol. The fraction of sp³-hybridized carbons (Fsp3) is 0.524. The van der Waals surface area contributed by atoms with E-state index < -0.39 is 0 Å². The number of fused-ring (bicyclic) bond motifs is 1. The average molecular weight is 417 g/mol. The first-order chi connectivity index (χ1) is 14.0. The van der Waals surface area contributed by atoms with Gasteiger partial charge in [0.1, 0.15) is 0 Å². The second-order valence-corrected chi connectivity index (χ2v) is 8.63. The lowest BCUT2D eigenvalue weighted by Crippen LogP contribution is -2.37. The smallest absolute Gasteiger partial charge is 0.230 e. The SMILES string of the molecule is CCc1nc2sc(C(c3ccc(OC)c(OC)c3)N3CCCC(C)C3)c(O)n2n1. The maximum atomic E-state index is 11.0. The Hall–Kier alpha value is -2.32. The molecular formula is C21H28N4O3S. The molecule has 0 radical (unpaired) electrons. The molecule has 4 rings (SSSR count). The van der Waals surface area contributed by atoms with Crippen LogP contribution in [0.2, 0.25) is 0 Å². The topological polar surface area (TPSA) is 72.1 Å². The maximum Gasteiger partial charge on any atom is 0.230 e. The van der Waals surface area contributed by atoms with Crippen LogP contribution >= 0.6 is 11.3 Å². The highest BCUT2D eigenvalue weighted by molar-refractivity contribution is 7.17. The lowest BCUT2D eigenvalue weighted by Gasteiger charge is -2.37. The van der Waals surface area contributed by atoms with Crippen LogP contribution in [0.4, 0.5) is 0 Å². The summed E-state index contributed by atoms with van der Waals surface area (Å²) in [5, 5.41) is 15.5. The minimum atomic E-state index is -0.0869. The molecule has 3 aromatic rings. The zero-order chi connectivity index (χ0) is 20.5. The predicted molar refractivity (Wildman–Crippen MR) is 113 cm³/mol. The number of likely N-dealkylation sites (tertiary alicyclic amines) is 1. The molecule has 1 saturated heterocycles. The van der Waals surface area contributed by atoms with E-state index in [0.29, 0.717) is 17.4 Å². The van der Waals surface area contributed by atoms with Crippen molar-refractivity contribution >= 4 is 16.3 Å². The van der Waals surface area contributed by atoms with Crippen molar-refractivity contribution in [3.05, 3.63) is 34.5 Å². The van der Waals surface area contributed by atoms with Crippen LogP contribution in [0, 0.1) is 5.92 Å². The van der Waals surface area contributed by atoms with E-state index in [1.165, 1.54) is 17.8 Å². The zero-order valence-electron chi connectivity index (χ0n) is 17.4. The van der Waals surface area contributed by atoms with Gasteiger partial charge in [0.2, 0.25) is 10.8 Å². The van der Waals surface area contributed by atoms with Crippen LogP contribution < -0.4 is 9.47 Å². The molecule has 0 aliphatic carbocycles. The molecule has 2 aromatic heterocycles. The summed E-state index contributed by atoms with van der Waals surface area (Å²) in [5.41, 5.74) is 1.06. The molecule has 1 aromatic carbocycles. The first-order valence-electron chi connectivity index (χ1n) is 10.1. The summed E-state index contributed by atoms with van der Waals surface area (Å²) in [7, 11) is 3.28. The number of methoxy groups -OCH3 is 2. The van der Waals surface area contributed by atoms with Crippen LogP contribution in [-0.4, -0.2) is 51.9 Å². The Morgan fingerprint density at radius 1 is 1.28 bits per heavy atom. The highest BCUT2D eigenvalue weighted by Gasteiger charge is 2.32. The molecule has 0 spiro atoms. The minimum absolute atomic E-state index is 0.0869. The third kappa shape index (κ3) is 3.67. The predicted octanol–water partition coefficient (Wildman–Crippen LogP) is 3.90. The van der Waals surface area contributed by atoms with Gasteiger partial charge in [0.15, 0.2) is 17.3 Å². The lowest BCUT2D eigenvalue weighted by atomic mass is 9.95. The summed E-state index contributed by atoms with van der Waals surface area (Å²) in [4.78, 5) is 8.59. The fourth-order valence-electron chi connectivity index (χ4n) is 4.13. The second kappa shape index (κ2) is 8.20. The number of benzene rings is 1. The Bertz CT molecular complexity index is 999. The summed E-state index contributed by atoms with van der Waals surface area (Å²) in [6, 6.07) is 5.90. The van der Waals surface area contributed by atoms with Crippen molar-refractivity contribution in [2.75, 3.05) is 27.3 Å². The lowest BCUT2D eigenvalue weighted by molar-refractivity contribution is 0.149. The second-order valence-electron chi connectivity index (χ2n) is 7.63. The van der Waals surface area contributed by atoms with Crippen molar-refractivity contribution < 1.29 is 14.6 Å². The van der Waals surface area contributed by atoms with Gasteiger partial charge in [0.05, 0.1) is 25.1 Å². The zero-order valence-corrected chi connectivity index (χ0v) is 18.2. The van der Waals surface area contributed by atoms with Crippen molar-refractivity contribution in [2.24, 2.45) is 5.92 Å². The molecule has 0 bridgehead atoms. The van der Waals surface area contributed by atoms with Crippen LogP contribution in [0.1, 0.15) is 49.0 Å².